The van der Waals surface area contributed by atoms with Crippen molar-refractivity contribution in [3.8, 4) is 0 Å². The van der Waals surface area contributed by atoms with Crippen molar-refractivity contribution in [3.05, 3.63) is 47.3 Å². The number of carbonyl (C=O) groups is 1. The molecule has 0 bridgehead atoms. The van der Waals surface area contributed by atoms with Crippen LogP contribution in [0.4, 0.5) is 5.69 Å². The van der Waals surface area contributed by atoms with Crippen LogP contribution in [0.3, 0.4) is 0 Å². The summed E-state index contributed by atoms with van der Waals surface area (Å²) in [4.78, 5) is 14.3. The molecule has 98 valence electrons. The molecule has 1 unspecified atom stereocenters. The van der Waals surface area contributed by atoms with Gasteiger partial charge in [0.2, 0.25) is 5.91 Å². The van der Waals surface area contributed by atoms with E-state index < -0.39 is 0 Å². The maximum absolute atomic E-state index is 12.4. The van der Waals surface area contributed by atoms with Gasteiger partial charge in [0, 0.05) is 17.8 Å². The molecule has 1 atom stereocenters. The zero-order valence-electron chi connectivity index (χ0n) is 11.1. The lowest BCUT2D eigenvalue weighted by Crippen LogP contribution is -2.36. The number of hydrogen-bond acceptors (Lipinski definition) is 3. The fourth-order valence-electron chi connectivity index (χ4n) is 2.69. The number of amides is 1. The van der Waals surface area contributed by atoms with Gasteiger partial charge in [-0.2, -0.15) is 0 Å². The highest BCUT2D eigenvalue weighted by atomic mass is 16.5. The van der Waals surface area contributed by atoms with Gasteiger partial charge >= 0.3 is 0 Å². The van der Waals surface area contributed by atoms with Gasteiger partial charge in [0.25, 0.3) is 0 Å². The molecule has 0 spiro atoms. The Morgan fingerprint density at radius 1 is 1.47 bits per heavy atom. The Morgan fingerprint density at radius 3 is 3.00 bits per heavy atom. The third kappa shape index (κ3) is 2.14. The van der Waals surface area contributed by atoms with Crippen molar-refractivity contribution < 1.29 is 9.32 Å². The number of aromatic nitrogens is 1. The van der Waals surface area contributed by atoms with Crippen molar-refractivity contribution in [1.29, 1.82) is 0 Å². The Morgan fingerprint density at radius 2 is 2.26 bits per heavy atom. The number of nitrogens with zero attached hydrogens (tertiary/aromatic N) is 2. The average molecular weight is 256 g/mol. The third-order valence-electron chi connectivity index (χ3n) is 3.49. The summed E-state index contributed by atoms with van der Waals surface area (Å²) >= 11 is 0. The van der Waals surface area contributed by atoms with Crippen molar-refractivity contribution in [3.63, 3.8) is 0 Å². The van der Waals surface area contributed by atoms with Crippen LogP contribution in [0.1, 0.15) is 23.9 Å². The van der Waals surface area contributed by atoms with Gasteiger partial charge < -0.3 is 9.42 Å². The molecule has 0 N–H and O–H groups in total. The summed E-state index contributed by atoms with van der Waals surface area (Å²) < 4.78 is 5.00. The first-order valence-electron chi connectivity index (χ1n) is 6.47. The van der Waals surface area contributed by atoms with E-state index in [1.807, 2.05) is 36.1 Å². The number of rotatable bonds is 2. The van der Waals surface area contributed by atoms with E-state index >= 15 is 0 Å². The highest BCUT2D eigenvalue weighted by Crippen LogP contribution is 2.32. The van der Waals surface area contributed by atoms with Crippen LogP contribution >= 0.6 is 0 Å². The van der Waals surface area contributed by atoms with E-state index in [9.17, 15) is 4.79 Å². The number of benzene rings is 1. The topological polar surface area (TPSA) is 46.3 Å². The summed E-state index contributed by atoms with van der Waals surface area (Å²) in [6.45, 7) is 3.90. The quantitative estimate of drug-likeness (QED) is 0.829. The van der Waals surface area contributed by atoms with Crippen LogP contribution in [0.15, 0.2) is 34.9 Å². The summed E-state index contributed by atoms with van der Waals surface area (Å²) in [5.41, 5.74) is 2.96. The van der Waals surface area contributed by atoms with Crippen LogP contribution in [0.2, 0.25) is 0 Å². The summed E-state index contributed by atoms with van der Waals surface area (Å²) in [7, 11) is 0. The highest BCUT2D eigenvalue weighted by molar-refractivity contribution is 5.97. The van der Waals surface area contributed by atoms with Gasteiger partial charge in [-0.25, -0.2) is 0 Å². The summed E-state index contributed by atoms with van der Waals surface area (Å²) in [5.74, 6) is 0.809. The minimum Gasteiger partial charge on any atom is -0.361 e. The van der Waals surface area contributed by atoms with Crippen molar-refractivity contribution >= 4 is 11.6 Å². The second-order valence-electron chi connectivity index (χ2n) is 5.05. The predicted octanol–water partition coefficient (Wildman–Crippen LogP) is 2.50. The molecule has 4 nitrogen and oxygen atoms in total. The molecule has 1 aromatic carbocycles. The number of para-hydroxylation sites is 1. The van der Waals surface area contributed by atoms with Gasteiger partial charge in [0.05, 0.1) is 12.1 Å². The van der Waals surface area contributed by atoms with Crippen LogP contribution < -0.4 is 4.90 Å². The molecular weight excluding hydrogens is 240 g/mol. The molecule has 0 aliphatic carbocycles. The molecule has 2 heterocycles. The van der Waals surface area contributed by atoms with Crippen LogP contribution in [0, 0.1) is 6.92 Å². The smallest absolute Gasteiger partial charge is 0.233 e. The minimum absolute atomic E-state index is 0.0748. The van der Waals surface area contributed by atoms with E-state index in [-0.39, 0.29) is 18.4 Å². The lowest BCUT2D eigenvalue weighted by molar-refractivity contribution is -0.118. The monoisotopic (exact) mass is 256 g/mol. The Kier molecular flexibility index (Phi) is 2.85. The SMILES string of the molecule is Cc1cc(CC(=O)N2c3ccccc3CC2C)no1. The number of carbonyl (C=O) groups excluding carboxylic acids is 1. The van der Waals surface area contributed by atoms with Crippen LogP contribution in [0.25, 0.3) is 0 Å². The molecule has 3 rings (SSSR count). The fraction of sp³-hybridized carbons (Fsp3) is 0.333. The Hall–Kier alpha value is -2.10. The van der Waals surface area contributed by atoms with E-state index in [1.165, 1.54) is 5.56 Å². The largest absolute Gasteiger partial charge is 0.361 e. The van der Waals surface area contributed by atoms with E-state index in [2.05, 4.69) is 18.1 Å². The number of fused-ring (bicyclic) bond motifs is 1. The van der Waals surface area contributed by atoms with Gasteiger partial charge in [-0.1, -0.05) is 23.4 Å². The first-order valence-corrected chi connectivity index (χ1v) is 6.47. The predicted molar refractivity (Wildman–Crippen MR) is 72.0 cm³/mol. The molecule has 0 saturated carbocycles. The van der Waals surface area contributed by atoms with Crippen molar-refractivity contribution in [1.82, 2.24) is 5.16 Å². The van der Waals surface area contributed by atoms with Gasteiger partial charge in [-0.3, -0.25) is 4.79 Å². The van der Waals surface area contributed by atoms with E-state index in [4.69, 9.17) is 4.52 Å². The second kappa shape index (κ2) is 4.53. The molecule has 4 heteroatoms. The molecule has 19 heavy (non-hydrogen) atoms. The molecule has 1 amide bonds. The fourth-order valence-corrected chi connectivity index (χ4v) is 2.69. The van der Waals surface area contributed by atoms with Gasteiger partial charge in [-0.15, -0.1) is 0 Å². The van der Waals surface area contributed by atoms with Gasteiger partial charge in [0.1, 0.15) is 5.76 Å². The Bertz CT molecular complexity index is 618. The third-order valence-corrected chi connectivity index (χ3v) is 3.49. The standard InChI is InChI=1S/C15H16N2O2/c1-10-7-12-5-3-4-6-14(12)17(10)15(18)9-13-8-11(2)19-16-13/h3-6,8,10H,7,9H2,1-2H3. The Balaban J connectivity index is 1.84. The maximum Gasteiger partial charge on any atom is 0.233 e. The summed E-state index contributed by atoms with van der Waals surface area (Å²) in [5, 5.41) is 3.89. The molecule has 1 aromatic heterocycles. The number of anilines is 1. The van der Waals surface area contributed by atoms with E-state index in [0.29, 0.717) is 5.69 Å². The van der Waals surface area contributed by atoms with E-state index in [0.717, 1.165) is 17.9 Å². The first-order chi connectivity index (χ1) is 9.15. The highest BCUT2D eigenvalue weighted by Gasteiger charge is 2.30. The number of aryl methyl sites for hydroxylation is 1. The molecule has 1 aliphatic rings. The minimum atomic E-state index is 0.0748. The Labute approximate surface area is 112 Å². The summed E-state index contributed by atoms with van der Waals surface area (Å²) in [6, 6.07) is 10.1. The molecule has 1 aliphatic heterocycles. The number of hydrogen-bond donors (Lipinski definition) is 0. The van der Waals surface area contributed by atoms with Crippen LogP contribution in [-0.2, 0) is 17.6 Å². The molecule has 2 aromatic rings. The van der Waals surface area contributed by atoms with Crippen molar-refractivity contribution in [2.24, 2.45) is 0 Å². The van der Waals surface area contributed by atoms with Crippen molar-refractivity contribution in [2.75, 3.05) is 4.90 Å². The van der Waals surface area contributed by atoms with Crippen LogP contribution in [0.5, 0.6) is 0 Å². The van der Waals surface area contributed by atoms with Crippen LogP contribution in [-0.4, -0.2) is 17.1 Å². The summed E-state index contributed by atoms with van der Waals surface area (Å²) in [6.07, 6.45) is 1.20. The zero-order chi connectivity index (χ0) is 13.4. The van der Waals surface area contributed by atoms with Crippen molar-refractivity contribution in [2.45, 2.75) is 32.7 Å². The van der Waals surface area contributed by atoms with E-state index in [1.54, 1.807) is 0 Å². The lowest BCUT2D eigenvalue weighted by Gasteiger charge is -2.22. The average Bonchev–Trinajstić information content (AvgIpc) is 2.91. The molecule has 0 fully saturated rings. The molecule has 0 saturated heterocycles. The van der Waals surface area contributed by atoms with Gasteiger partial charge in [0.15, 0.2) is 0 Å². The second-order valence-corrected chi connectivity index (χ2v) is 5.05. The molecule has 0 radical (unpaired) electrons. The van der Waals surface area contributed by atoms with Gasteiger partial charge in [-0.05, 0) is 31.9 Å². The first kappa shape index (κ1) is 12.0. The normalized spacial score (nSPS) is 17.6. The molecular formula is C15H16N2O2. The zero-order valence-corrected chi connectivity index (χ0v) is 11.1. The lowest BCUT2D eigenvalue weighted by atomic mass is 10.1. The maximum atomic E-state index is 12.4.